The molecule has 2 aliphatic rings. The highest BCUT2D eigenvalue weighted by Crippen LogP contribution is 2.45. The van der Waals surface area contributed by atoms with E-state index < -0.39 is 11.6 Å². The number of methoxy groups -OCH3 is 1. The van der Waals surface area contributed by atoms with E-state index in [2.05, 4.69) is 0 Å². The number of carbonyl (C=O) groups excluding carboxylic acids is 1. The SMILES string of the molecule is COc1cccc([C@H]2OC(c3ccc(OCCCO)cc3)=N[C@@]2(C/C=C/c2ccccc2)C(=O)N2CCCC2)c1. The molecule has 208 valence electrons. The standard InChI is InChI=1S/C33H36N2O5/c1-38-29-14-7-13-27(24-29)30-33(32(37)35-20-5-6-21-35,19-8-12-25-10-3-2-4-11-25)34-31(40-30)26-15-17-28(18-16-26)39-23-9-22-36/h2-4,7-8,10-18,24,30,36H,5-6,9,19-23H2,1H3/b12-8+/t30-,33-/m1/s1. The van der Waals surface area contributed by atoms with E-state index >= 15 is 0 Å². The molecule has 7 heteroatoms. The van der Waals surface area contributed by atoms with Crippen LogP contribution in [0.25, 0.3) is 6.08 Å². The largest absolute Gasteiger partial charge is 0.497 e. The first-order valence-corrected chi connectivity index (χ1v) is 13.9. The normalized spacial score (nSPS) is 20.4. The quantitative estimate of drug-likeness (QED) is 0.328. The Bertz CT molecular complexity index is 1330. The van der Waals surface area contributed by atoms with E-state index in [9.17, 15) is 4.79 Å². The Balaban J connectivity index is 1.55. The second-order valence-electron chi connectivity index (χ2n) is 10.1. The maximum absolute atomic E-state index is 14.4. The lowest BCUT2D eigenvalue weighted by molar-refractivity contribution is -0.138. The summed E-state index contributed by atoms with van der Waals surface area (Å²) in [4.78, 5) is 21.4. The van der Waals surface area contributed by atoms with E-state index in [1.54, 1.807) is 7.11 Å². The average Bonchev–Trinajstić information content (AvgIpc) is 3.68. The molecule has 1 saturated heterocycles. The zero-order chi connectivity index (χ0) is 27.8. The van der Waals surface area contributed by atoms with Crippen molar-refractivity contribution in [2.24, 2.45) is 4.99 Å². The fraction of sp³-hybridized carbons (Fsp3) is 0.333. The van der Waals surface area contributed by atoms with Crippen molar-refractivity contribution in [2.75, 3.05) is 33.4 Å². The van der Waals surface area contributed by atoms with Gasteiger partial charge in [0.1, 0.15) is 11.5 Å². The molecule has 2 atom stereocenters. The Kier molecular flexibility index (Phi) is 8.81. The van der Waals surface area contributed by atoms with Crippen LogP contribution in [0.2, 0.25) is 0 Å². The second kappa shape index (κ2) is 12.8. The number of hydrogen-bond donors (Lipinski definition) is 1. The van der Waals surface area contributed by atoms with Gasteiger partial charge in [0.05, 0.1) is 13.7 Å². The van der Waals surface area contributed by atoms with Crippen LogP contribution in [0, 0.1) is 0 Å². The van der Waals surface area contributed by atoms with Gasteiger partial charge >= 0.3 is 0 Å². The zero-order valence-corrected chi connectivity index (χ0v) is 22.9. The van der Waals surface area contributed by atoms with Crippen LogP contribution in [-0.2, 0) is 9.53 Å². The molecule has 40 heavy (non-hydrogen) atoms. The molecular formula is C33H36N2O5. The van der Waals surface area contributed by atoms with Crippen molar-refractivity contribution in [3.05, 3.63) is 102 Å². The molecule has 1 fully saturated rings. The Morgan fingerprint density at radius 3 is 2.55 bits per heavy atom. The highest BCUT2D eigenvalue weighted by molar-refractivity contribution is 6.01. The average molecular weight is 541 g/mol. The van der Waals surface area contributed by atoms with Crippen molar-refractivity contribution >= 4 is 17.9 Å². The van der Waals surface area contributed by atoms with Gasteiger partial charge in [0.15, 0.2) is 11.6 Å². The third kappa shape index (κ3) is 6.05. The number of aliphatic hydroxyl groups excluding tert-OH is 1. The van der Waals surface area contributed by atoms with Gasteiger partial charge in [-0.25, -0.2) is 4.99 Å². The van der Waals surface area contributed by atoms with Gasteiger partial charge < -0.3 is 24.2 Å². The summed E-state index contributed by atoms with van der Waals surface area (Å²) in [5.41, 5.74) is 1.49. The molecule has 0 bridgehead atoms. The molecular weight excluding hydrogens is 504 g/mol. The van der Waals surface area contributed by atoms with Crippen LogP contribution in [0.5, 0.6) is 11.5 Å². The van der Waals surface area contributed by atoms with Crippen LogP contribution < -0.4 is 9.47 Å². The molecule has 5 rings (SSSR count). The van der Waals surface area contributed by atoms with E-state index in [1.165, 1.54) is 0 Å². The number of benzene rings is 3. The molecule has 0 radical (unpaired) electrons. The van der Waals surface area contributed by atoms with Crippen molar-refractivity contribution in [1.29, 1.82) is 0 Å². The Labute approximate surface area is 235 Å². The number of ether oxygens (including phenoxy) is 3. The lowest BCUT2D eigenvalue weighted by atomic mass is 9.83. The molecule has 0 aliphatic carbocycles. The van der Waals surface area contributed by atoms with Crippen molar-refractivity contribution in [3.8, 4) is 11.5 Å². The minimum Gasteiger partial charge on any atom is -0.497 e. The summed E-state index contributed by atoms with van der Waals surface area (Å²) in [6.07, 6.45) is 6.36. The molecule has 1 amide bonds. The van der Waals surface area contributed by atoms with Crippen molar-refractivity contribution in [1.82, 2.24) is 4.90 Å². The summed E-state index contributed by atoms with van der Waals surface area (Å²) in [5.74, 6) is 1.80. The second-order valence-corrected chi connectivity index (χ2v) is 10.1. The van der Waals surface area contributed by atoms with Crippen LogP contribution in [-0.4, -0.2) is 60.8 Å². The molecule has 0 spiro atoms. The summed E-state index contributed by atoms with van der Waals surface area (Å²) in [6.45, 7) is 1.96. The van der Waals surface area contributed by atoms with Crippen molar-refractivity contribution < 1.29 is 24.1 Å². The van der Waals surface area contributed by atoms with Gasteiger partial charge in [0.25, 0.3) is 5.91 Å². The first-order chi connectivity index (χ1) is 19.6. The first-order valence-electron chi connectivity index (χ1n) is 13.9. The molecule has 2 heterocycles. The number of aliphatic hydroxyl groups is 1. The minimum absolute atomic E-state index is 0.0190. The highest BCUT2D eigenvalue weighted by atomic mass is 16.5. The van der Waals surface area contributed by atoms with Crippen LogP contribution >= 0.6 is 0 Å². The number of hydrogen-bond acceptors (Lipinski definition) is 6. The zero-order valence-electron chi connectivity index (χ0n) is 22.9. The first kappa shape index (κ1) is 27.5. The summed E-state index contributed by atoms with van der Waals surface area (Å²) in [7, 11) is 1.63. The number of nitrogens with zero attached hydrogens (tertiary/aromatic N) is 2. The van der Waals surface area contributed by atoms with Crippen molar-refractivity contribution in [2.45, 2.75) is 37.3 Å². The van der Waals surface area contributed by atoms with Crippen LogP contribution in [0.3, 0.4) is 0 Å². The third-order valence-electron chi connectivity index (χ3n) is 7.34. The predicted molar refractivity (Wildman–Crippen MR) is 156 cm³/mol. The van der Waals surface area contributed by atoms with Gasteiger partial charge in [-0.2, -0.15) is 0 Å². The molecule has 2 aliphatic heterocycles. The third-order valence-corrected chi connectivity index (χ3v) is 7.34. The maximum Gasteiger partial charge on any atom is 0.255 e. The number of likely N-dealkylation sites (tertiary alicyclic amines) is 1. The summed E-state index contributed by atoms with van der Waals surface area (Å²) >= 11 is 0. The lowest BCUT2D eigenvalue weighted by Gasteiger charge is -2.33. The fourth-order valence-electron chi connectivity index (χ4n) is 5.24. The minimum atomic E-state index is -1.17. The van der Waals surface area contributed by atoms with Gasteiger partial charge in [-0.15, -0.1) is 0 Å². The van der Waals surface area contributed by atoms with E-state index in [-0.39, 0.29) is 12.5 Å². The molecule has 3 aromatic carbocycles. The number of carbonyl (C=O) groups is 1. The molecule has 0 saturated carbocycles. The molecule has 0 aromatic heterocycles. The highest BCUT2D eigenvalue weighted by Gasteiger charge is 2.54. The van der Waals surface area contributed by atoms with Gasteiger partial charge in [0, 0.05) is 38.1 Å². The smallest absolute Gasteiger partial charge is 0.255 e. The van der Waals surface area contributed by atoms with E-state index in [0.717, 1.165) is 42.6 Å². The summed E-state index contributed by atoms with van der Waals surface area (Å²) in [5, 5.41) is 9.03. The lowest BCUT2D eigenvalue weighted by Crippen LogP contribution is -2.49. The van der Waals surface area contributed by atoms with E-state index in [1.807, 2.05) is 95.9 Å². The number of aliphatic imine (C=N–C) groups is 1. The predicted octanol–water partition coefficient (Wildman–Crippen LogP) is 5.44. The Morgan fingerprint density at radius 2 is 1.82 bits per heavy atom. The van der Waals surface area contributed by atoms with Crippen LogP contribution in [0.1, 0.15) is 48.5 Å². The Hall–Kier alpha value is -4.10. The molecule has 7 nitrogen and oxygen atoms in total. The molecule has 0 unspecified atom stereocenters. The molecule has 3 aromatic rings. The summed E-state index contributed by atoms with van der Waals surface area (Å²) in [6, 6.07) is 25.2. The molecule has 1 N–H and O–H groups in total. The maximum atomic E-state index is 14.4. The van der Waals surface area contributed by atoms with Gasteiger partial charge in [0.2, 0.25) is 5.90 Å². The van der Waals surface area contributed by atoms with E-state index in [4.69, 9.17) is 24.3 Å². The monoisotopic (exact) mass is 540 g/mol. The van der Waals surface area contributed by atoms with Gasteiger partial charge in [-0.05, 0) is 60.4 Å². The van der Waals surface area contributed by atoms with Crippen LogP contribution in [0.15, 0.2) is 89.9 Å². The topological polar surface area (TPSA) is 80.6 Å². The number of rotatable bonds is 11. The van der Waals surface area contributed by atoms with E-state index in [0.29, 0.717) is 36.8 Å². The van der Waals surface area contributed by atoms with Gasteiger partial charge in [-0.1, -0.05) is 54.6 Å². The fourth-order valence-corrected chi connectivity index (χ4v) is 5.24. The van der Waals surface area contributed by atoms with Crippen molar-refractivity contribution in [3.63, 3.8) is 0 Å². The number of amides is 1. The Morgan fingerprint density at radius 1 is 1.05 bits per heavy atom. The van der Waals surface area contributed by atoms with Crippen LogP contribution in [0.4, 0.5) is 0 Å². The van der Waals surface area contributed by atoms with Gasteiger partial charge in [-0.3, -0.25) is 4.79 Å². The summed E-state index contributed by atoms with van der Waals surface area (Å²) < 4.78 is 17.8.